The van der Waals surface area contributed by atoms with E-state index in [0.29, 0.717) is 16.4 Å². The highest BCUT2D eigenvalue weighted by Gasteiger charge is 2.34. The first-order chi connectivity index (χ1) is 14.9. The lowest BCUT2D eigenvalue weighted by Gasteiger charge is -2.17. The van der Waals surface area contributed by atoms with Gasteiger partial charge in [0.05, 0.1) is 12.0 Å². The van der Waals surface area contributed by atoms with E-state index in [-0.39, 0.29) is 30.1 Å². The standard InChI is InChI=1S/C23H24N2O5S/c1-15-5-4-6-19(13-15)30-16(2)21(26)24-11-12-25-22(27)20(31-23(25)28)14-17-7-9-18(29-3)10-8-17/h4-10,13-14,16H,11-12H2,1-3H3,(H,24,26)/b20-14-/t16-/m0/s1. The Bertz CT molecular complexity index is 1000. The lowest BCUT2D eigenvalue weighted by molar-refractivity contribution is -0.128. The molecule has 2 aromatic carbocycles. The molecule has 1 heterocycles. The summed E-state index contributed by atoms with van der Waals surface area (Å²) in [5.74, 6) is 0.630. The largest absolute Gasteiger partial charge is 0.497 e. The van der Waals surface area contributed by atoms with Crippen LogP contribution >= 0.6 is 11.8 Å². The van der Waals surface area contributed by atoms with E-state index in [9.17, 15) is 14.4 Å². The number of carbonyl (C=O) groups excluding carboxylic acids is 3. The quantitative estimate of drug-likeness (QED) is 0.631. The number of ether oxygens (including phenoxy) is 2. The minimum atomic E-state index is -0.702. The molecule has 3 amide bonds. The van der Waals surface area contributed by atoms with Crippen LogP contribution in [-0.2, 0) is 9.59 Å². The van der Waals surface area contributed by atoms with Crippen LogP contribution < -0.4 is 14.8 Å². The molecule has 2 aromatic rings. The number of carbonyl (C=O) groups is 3. The van der Waals surface area contributed by atoms with Crippen molar-refractivity contribution < 1.29 is 23.9 Å². The average molecular weight is 441 g/mol. The fourth-order valence-electron chi connectivity index (χ4n) is 2.93. The number of imide groups is 1. The maximum absolute atomic E-state index is 12.6. The van der Waals surface area contributed by atoms with Gasteiger partial charge >= 0.3 is 0 Å². The summed E-state index contributed by atoms with van der Waals surface area (Å²) in [7, 11) is 1.58. The van der Waals surface area contributed by atoms with E-state index in [1.54, 1.807) is 38.3 Å². The third-order valence-electron chi connectivity index (χ3n) is 4.59. The zero-order valence-corrected chi connectivity index (χ0v) is 18.4. The van der Waals surface area contributed by atoms with Gasteiger partial charge in [0.15, 0.2) is 6.10 Å². The van der Waals surface area contributed by atoms with Gasteiger partial charge in [-0.1, -0.05) is 24.3 Å². The second kappa shape index (κ2) is 10.2. The minimum Gasteiger partial charge on any atom is -0.497 e. The molecular weight excluding hydrogens is 416 g/mol. The topological polar surface area (TPSA) is 84.9 Å². The number of rotatable bonds is 8. The van der Waals surface area contributed by atoms with Crippen LogP contribution in [0.4, 0.5) is 4.79 Å². The second-order valence-corrected chi connectivity index (χ2v) is 7.97. The molecule has 1 atom stereocenters. The van der Waals surface area contributed by atoms with Gasteiger partial charge in [0.2, 0.25) is 0 Å². The summed E-state index contributed by atoms with van der Waals surface area (Å²) in [6.45, 7) is 3.83. The van der Waals surface area contributed by atoms with Crippen LogP contribution in [0.25, 0.3) is 6.08 Å². The number of methoxy groups -OCH3 is 1. The predicted molar refractivity (Wildman–Crippen MR) is 120 cm³/mol. The van der Waals surface area contributed by atoms with Crippen molar-refractivity contribution in [2.24, 2.45) is 0 Å². The molecule has 0 bridgehead atoms. The third kappa shape index (κ3) is 5.88. The molecule has 0 saturated carbocycles. The van der Waals surface area contributed by atoms with Crippen LogP contribution in [0.15, 0.2) is 53.4 Å². The molecule has 3 rings (SSSR count). The Kier molecular flexibility index (Phi) is 7.36. The van der Waals surface area contributed by atoms with E-state index >= 15 is 0 Å². The number of hydrogen-bond acceptors (Lipinski definition) is 6. The van der Waals surface area contributed by atoms with Gasteiger partial charge in [0.1, 0.15) is 11.5 Å². The molecule has 31 heavy (non-hydrogen) atoms. The number of aryl methyl sites for hydroxylation is 1. The van der Waals surface area contributed by atoms with Gasteiger partial charge < -0.3 is 14.8 Å². The SMILES string of the molecule is COc1ccc(/C=C2\SC(=O)N(CCNC(=O)[C@H](C)Oc3cccc(C)c3)C2=O)cc1. The zero-order valence-electron chi connectivity index (χ0n) is 17.6. The molecule has 0 unspecified atom stereocenters. The van der Waals surface area contributed by atoms with Gasteiger partial charge in [-0.3, -0.25) is 19.3 Å². The first-order valence-corrected chi connectivity index (χ1v) is 10.6. The molecule has 7 nitrogen and oxygen atoms in total. The summed E-state index contributed by atoms with van der Waals surface area (Å²) in [5, 5.41) is 2.35. The molecule has 1 saturated heterocycles. The van der Waals surface area contributed by atoms with Gasteiger partial charge in [-0.05, 0) is 67.1 Å². The first-order valence-electron chi connectivity index (χ1n) is 9.78. The van der Waals surface area contributed by atoms with Crippen LogP contribution in [0.3, 0.4) is 0 Å². The van der Waals surface area contributed by atoms with Gasteiger partial charge in [-0.25, -0.2) is 0 Å². The van der Waals surface area contributed by atoms with Gasteiger partial charge in [-0.15, -0.1) is 0 Å². The van der Waals surface area contributed by atoms with Gasteiger partial charge in [0, 0.05) is 13.1 Å². The van der Waals surface area contributed by atoms with Crippen LogP contribution in [0, 0.1) is 6.92 Å². The third-order valence-corrected chi connectivity index (χ3v) is 5.50. The summed E-state index contributed by atoms with van der Waals surface area (Å²) in [6.07, 6.45) is 0.965. The molecule has 162 valence electrons. The van der Waals surface area contributed by atoms with Crippen molar-refractivity contribution in [1.29, 1.82) is 0 Å². The summed E-state index contributed by atoms with van der Waals surface area (Å²) < 4.78 is 10.8. The Morgan fingerprint density at radius 3 is 2.58 bits per heavy atom. The number of benzene rings is 2. The number of nitrogens with one attached hydrogen (secondary N) is 1. The summed E-state index contributed by atoms with van der Waals surface area (Å²) in [5.41, 5.74) is 1.83. The molecule has 1 aliphatic heterocycles. The number of nitrogens with zero attached hydrogens (tertiary/aromatic N) is 1. The second-order valence-electron chi connectivity index (χ2n) is 6.97. The molecule has 0 spiro atoms. The van der Waals surface area contributed by atoms with Crippen molar-refractivity contribution in [1.82, 2.24) is 10.2 Å². The van der Waals surface area contributed by atoms with Gasteiger partial charge in [0.25, 0.3) is 17.1 Å². The number of thioether (sulfide) groups is 1. The Labute approximate surface area is 185 Å². The molecular formula is C23H24N2O5S. The van der Waals surface area contributed by atoms with Crippen molar-refractivity contribution in [3.63, 3.8) is 0 Å². The molecule has 8 heteroatoms. The fraction of sp³-hybridized carbons (Fsp3) is 0.261. The first kappa shape index (κ1) is 22.4. The lowest BCUT2D eigenvalue weighted by Crippen LogP contribution is -2.41. The zero-order chi connectivity index (χ0) is 22.4. The van der Waals surface area contributed by atoms with Crippen LogP contribution in [0.2, 0.25) is 0 Å². The van der Waals surface area contributed by atoms with Crippen molar-refractivity contribution >= 4 is 34.9 Å². The normalized spacial score (nSPS) is 15.8. The fourth-order valence-corrected chi connectivity index (χ4v) is 3.79. The smallest absolute Gasteiger partial charge is 0.293 e. The molecule has 0 aromatic heterocycles. The highest BCUT2D eigenvalue weighted by Crippen LogP contribution is 2.32. The van der Waals surface area contributed by atoms with Crippen molar-refractivity contribution in [2.75, 3.05) is 20.2 Å². The molecule has 0 radical (unpaired) electrons. The highest BCUT2D eigenvalue weighted by molar-refractivity contribution is 8.18. The number of amides is 3. The number of hydrogen-bond donors (Lipinski definition) is 1. The molecule has 1 fully saturated rings. The van der Waals surface area contributed by atoms with Gasteiger partial charge in [-0.2, -0.15) is 0 Å². The van der Waals surface area contributed by atoms with Crippen LogP contribution in [0.1, 0.15) is 18.1 Å². The molecule has 1 aliphatic rings. The van der Waals surface area contributed by atoms with Crippen molar-refractivity contribution in [3.05, 3.63) is 64.6 Å². The maximum Gasteiger partial charge on any atom is 0.293 e. The maximum atomic E-state index is 12.6. The van der Waals surface area contributed by atoms with E-state index in [2.05, 4.69) is 5.32 Å². The summed E-state index contributed by atoms with van der Waals surface area (Å²) in [4.78, 5) is 38.6. The van der Waals surface area contributed by atoms with E-state index < -0.39 is 6.10 Å². The Morgan fingerprint density at radius 1 is 1.16 bits per heavy atom. The Hall–Kier alpha value is -3.26. The van der Waals surface area contributed by atoms with E-state index in [1.165, 1.54) is 0 Å². The van der Waals surface area contributed by atoms with E-state index in [1.807, 2.05) is 37.3 Å². The van der Waals surface area contributed by atoms with E-state index in [4.69, 9.17) is 9.47 Å². The molecule has 1 N–H and O–H groups in total. The Balaban J connectivity index is 1.51. The highest BCUT2D eigenvalue weighted by atomic mass is 32.2. The van der Waals surface area contributed by atoms with E-state index in [0.717, 1.165) is 27.8 Å². The predicted octanol–water partition coefficient (Wildman–Crippen LogP) is 3.62. The Morgan fingerprint density at radius 2 is 1.90 bits per heavy atom. The minimum absolute atomic E-state index is 0.0908. The van der Waals surface area contributed by atoms with Crippen LogP contribution in [0.5, 0.6) is 11.5 Å². The lowest BCUT2D eigenvalue weighted by atomic mass is 10.2. The monoisotopic (exact) mass is 440 g/mol. The summed E-state index contributed by atoms with van der Waals surface area (Å²) >= 11 is 0.885. The average Bonchev–Trinajstić information content (AvgIpc) is 3.01. The van der Waals surface area contributed by atoms with Crippen molar-refractivity contribution in [3.8, 4) is 11.5 Å². The summed E-state index contributed by atoms with van der Waals surface area (Å²) in [6, 6.07) is 14.6. The van der Waals surface area contributed by atoms with Crippen molar-refractivity contribution in [2.45, 2.75) is 20.0 Å². The van der Waals surface area contributed by atoms with Crippen LogP contribution in [-0.4, -0.2) is 48.3 Å². The molecule has 0 aliphatic carbocycles.